The molecule has 3 rings (SSSR count). The second kappa shape index (κ2) is 7.12. The van der Waals surface area contributed by atoms with Crippen molar-refractivity contribution in [3.63, 3.8) is 0 Å². The van der Waals surface area contributed by atoms with Gasteiger partial charge in [-0.2, -0.15) is 5.10 Å². The van der Waals surface area contributed by atoms with Gasteiger partial charge in [-0.1, -0.05) is 6.07 Å². The molecule has 1 amide bonds. The number of hydrogen-bond donors (Lipinski definition) is 2. The van der Waals surface area contributed by atoms with Crippen LogP contribution in [0.3, 0.4) is 0 Å². The molecule has 0 aromatic carbocycles. The minimum absolute atomic E-state index is 0.145. The van der Waals surface area contributed by atoms with Crippen LogP contribution >= 0.6 is 0 Å². The van der Waals surface area contributed by atoms with Crippen molar-refractivity contribution in [2.24, 2.45) is 0 Å². The first-order valence-corrected chi connectivity index (χ1v) is 8.01. The van der Waals surface area contributed by atoms with Crippen molar-refractivity contribution in [2.45, 2.75) is 26.4 Å². The lowest BCUT2D eigenvalue weighted by Gasteiger charge is -2.06. The number of carbonyl (C=O) groups excluding carboxylic acids is 1. The van der Waals surface area contributed by atoms with Gasteiger partial charge in [0.2, 0.25) is 5.91 Å². The van der Waals surface area contributed by atoms with Crippen LogP contribution in [-0.2, 0) is 11.3 Å². The molecule has 7 heteroatoms. The Balaban J connectivity index is 1.73. The lowest BCUT2D eigenvalue weighted by molar-refractivity contribution is -0.116. The van der Waals surface area contributed by atoms with E-state index in [0.29, 0.717) is 17.8 Å². The van der Waals surface area contributed by atoms with Crippen LogP contribution < -0.4 is 10.9 Å². The lowest BCUT2D eigenvalue weighted by atomic mass is 10.2. The topological polar surface area (TPSA) is 92.7 Å². The van der Waals surface area contributed by atoms with Crippen LogP contribution in [0, 0.1) is 0 Å². The van der Waals surface area contributed by atoms with Crippen LogP contribution in [0.15, 0.2) is 47.5 Å². The molecule has 3 aromatic rings. The maximum absolute atomic E-state index is 12.2. The van der Waals surface area contributed by atoms with Gasteiger partial charge in [0.1, 0.15) is 5.65 Å². The minimum Gasteiger partial charge on any atom is -0.347 e. The fourth-order valence-electron chi connectivity index (χ4n) is 2.44. The van der Waals surface area contributed by atoms with Gasteiger partial charge in [0.05, 0.1) is 18.4 Å². The normalized spacial score (nSPS) is 11.5. The number of aromatic nitrogens is 4. The molecule has 0 fully saturated rings. The number of rotatable bonds is 5. The summed E-state index contributed by atoms with van der Waals surface area (Å²) in [7, 11) is 0. The van der Waals surface area contributed by atoms with E-state index in [-0.39, 0.29) is 17.5 Å². The highest BCUT2D eigenvalue weighted by Gasteiger charge is 2.09. The number of amides is 1. The van der Waals surface area contributed by atoms with Gasteiger partial charge >= 0.3 is 0 Å². The largest absolute Gasteiger partial charge is 0.347 e. The van der Waals surface area contributed by atoms with Crippen LogP contribution in [0.4, 0.5) is 0 Å². The van der Waals surface area contributed by atoms with Gasteiger partial charge in [0.15, 0.2) is 0 Å². The van der Waals surface area contributed by atoms with E-state index in [1.54, 1.807) is 23.1 Å². The van der Waals surface area contributed by atoms with Gasteiger partial charge in [0.25, 0.3) is 5.56 Å². The fourth-order valence-corrected chi connectivity index (χ4v) is 2.44. The summed E-state index contributed by atoms with van der Waals surface area (Å²) in [6.45, 7) is 4.32. The van der Waals surface area contributed by atoms with E-state index in [4.69, 9.17) is 0 Å². The highest BCUT2D eigenvalue weighted by molar-refractivity contribution is 5.92. The van der Waals surface area contributed by atoms with Crippen molar-refractivity contribution >= 4 is 23.0 Å². The molecule has 0 saturated carbocycles. The Hall–Kier alpha value is -3.22. The predicted octanol–water partition coefficient (Wildman–Crippen LogP) is 2.03. The third kappa shape index (κ3) is 3.82. The molecular weight excluding hydrogens is 318 g/mol. The highest BCUT2D eigenvalue weighted by Crippen LogP contribution is 2.15. The summed E-state index contributed by atoms with van der Waals surface area (Å²) in [6.07, 6.45) is 6.21. The van der Waals surface area contributed by atoms with E-state index in [0.717, 1.165) is 11.1 Å². The van der Waals surface area contributed by atoms with Gasteiger partial charge in [0, 0.05) is 29.3 Å². The maximum atomic E-state index is 12.2. The van der Waals surface area contributed by atoms with E-state index in [9.17, 15) is 9.59 Å². The summed E-state index contributed by atoms with van der Waals surface area (Å²) in [4.78, 5) is 31.1. The molecule has 0 radical (unpaired) electrons. The van der Waals surface area contributed by atoms with E-state index in [2.05, 4.69) is 20.4 Å². The van der Waals surface area contributed by atoms with E-state index < -0.39 is 0 Å². The number of H-pyrrole nitrogens is 1. The van der Waals surface area contributed by atoms with Crippen molar-refractivity contribution < 1.29 is 4.79 Å². The third-order valence-corrected chi connectivity index (χ3v) is 3.70. The SMILES string of the molecule is CC(C)n1ncc2cc(/C=C/C(=O)NCc3ccccn3)c(=O)[nH]c21. The Morgan fingerprint density at radius 3 is 2.96 bits per heavy atom. The summed E-state index contributed by atoms with van der Waals surface area (Å²) in [5.41, 5.74) is 1.59. The zero-order valence-corrected chi connectivity index (χ0v) is 14.1. The number of carbonyl (C=O) groups is 1. The molecule has 0 spiro atoms. The molecule has 25 heavy (non-hydrogen) atoms. The zero-order valence-electron chi connectivity index (χ0n) is 14.1. The predicted molar refractivity (Wildman–Crippen MR) is 95.9 cm³/mol. The van der Waals surface area contributed by atoms with Crippen molar-refractivity contribution in [1.29, 1.82) is 0 Å². The summed E-state index contributed by atoms with van der Waals surface area (Å²) < 4.78 is 1.75. The number of pyridine rings is 2. The van der Waals surface area contributed by atoms with Crippen LogP contribution in [0.25, 0.3) is 17.1 Å². The third-order valence-electron chi connectivity index (χ3n) is 3.70. The number of fused-ring (bicyclic) bond motifs is 1. The summed E-state index contributed by atoms with van der Waals surface area (Å²) in [5.74, 6) is -0.289. The molecule has 128 valence electrons. The molecule has 0 atom stereocenters. The summed E-state index contributed by atoms with van der Waals surface area (Å²) in [5, 5.41) is 7.82. The van der Waals surface area contributed by atoms with Crippen LogP contribution in [-0.4, -0.2) is 25.7 Å². The van der Waals surface area contributed by atoms with Gasteiger partial charge in [-0.25, -0.2) is 4.68 Å². The Morgan fingerprint density at radius 1 is 1.40 bits per heavy atom. The Labute approximate surface area is 144 Å². The van der Waals surface area contributed by atoms with Crippen molar-refractivity contribution in [1.82, 2.24) is 25.1 Å². The average molecular weight is 337 g/mol. The van der Waals surface area contributed by atoms with Crippen LogP contribution in [0.1, 0.15) is 31.1 Å². The minimum atomic E-state index is -0.289. The van der Waals surface area contributed by atoms with E-state index in [1.807, 2.05) is 32.0 Å². The lowest BCUT2D eigenvalue weighted by Crippen LogP contribution is -2.21. The highest BCUT2D eigenvalue weighted by atomic mass is 16.1. The Kier molecular flexibility index (Phi) is 4.74. The zero-order chi connectivity index (χ0) is 17.8. The maximum Gasteiger partial charge on any atom is 0.256 e. The Bertz CT molecular complexity index is 970. The molecule has 0 aliphatic rings. The molecule has 3 heterocycles. The molecule has 0 aliphatic carbocycles. The van der Waals surface area contributed by atoms with Gasteiger partial charge < -0.3 is 10.3 Å². The van der Waals surface area contributed by atoms with Crippen LogP contribution in [0.5, 0.6) is 0 Å². The van der Waals surface area contributed by atoms with Crippen molar-refractivity contribution in [2.75, 3.05) is 0 Å². The molecule has 3 aromatic heterocycles. The monoisotopic (exact) mass is 337 g/mol. The van der Waals surface area contributed by atoms with E-state index >= 15 is 0 Å². The second-order valence-electron chi connectivity index (χ2n) is 5.91. The molecular formula is C18H19N5O2. The number of aromatic amines is 1. The van der Waals surface area contributed by atoms with Gasteiger partial charge in [-0.3, -0.25) is 14.6 Å². The van der Waals surface area contributed by atoms with Crippen molar-refractivity contribution in [3.05, 3.63) is 64.3 Å². The van der Waals surface area contributed by atoms with E-state index in [1.165, 1.54) is 12.2 Å². The molecule has 0 bridgehead atoms. The first-order valence-electron chi connectivity index (χ1n) is 8.01. The second-order valence-corrected chi connectivity index (χ2v) is 5.91. The molecule has 7 nitrogen and oxygen atoms in total. The first kappa shape index (κ1) is 16.6. The van der Waals surface area contributed by atoms with Crippen molar-refractivity contribution in [3.8, 4) is 0 Å². The van der Waals surface area contributed by atoms with Gasteiger partial charge in [-0.15, -0.1) is 0 Å². The molecule has 0 aliphatic heterocycles. The fraction of sp³-hybridized carbons (Fsp3) is 0.222. The molecule has 0 saturated heterocycles. The van der Waals surface area contributed by atoms with Gasteiger partial charge in [-0.05, 0) is 38.1 Å². The first-order chi connectivity index (χ1) is 12.0. The number of nitrogens with zero attached hydrogens (tertiary/aromatic N) is 3. The summed E-state index contributed by atoms with van der Waals surface area (Å²) in [6, 6.07) is 7.37. The summed E-state index contributed by atoms with van der Waals surface area (Å²) >= 11 is 0. The Morgan fingerprint density at radius 2 is 2.24 bits per heavy atom. The molecule has 0 unspecified atom stereocenters. The molecule has 2 N–H and O–H groups in total. The number of nitrogens with one attached hydrogen (secondary N) is 2. The standard InChI is InChI=1S/C18H19N5O2/c1-12(2)23-17-14(10-21-23)9-13(18(25)22-17)6-7-16(24)20-11-15-5-3-4-8-19-15/h3-10,12H,11H2,1-2H3,(H,20,24)(H,22,25)/b7-6+. The van der Waals surface area contributed by atoms with Crippen LogP contribution in [0.2, 0.25) is 0 Å². The quantitative estimate of drug-likeness (QED) is 0.697. The average Bonchev–Trinajstić information content (AvgIpc) is 3.01. The smallest absolute Gasteiger partial charge is 0.256 e. The number of hydrogen-bond acceptors (Lipinski definition) is 4.